The van der Waals surface area contributed by atoms with E-state index < -0.39 is 20.1 Å². The Kier molecular flexibility index (Phi) is 5.43. The van der Waals surface area contributed by atoms with E-state index in [1.165, 1.54) is 0 Å². The van der Waals surface area contributed by atoms with Crippen LogP contribution in [0.25, 0.3) is 0 Å². The van der Waals surface area contributed by atoms with Crippen molar-refractivity contribution in [2.24, 2.45) is 0 Å². The summed E-state index contributed by atoms with van der Waals surface area (Å²) >= 11 is 6.08. The van der Waals surface area contributed by atoms with E-state index in [1.807, 2.05) is 0 Å². The van der Waals surface area contributed by atoms with Gasteiger partial charge in [0.15, 0.2) is 0 Å². The van der Waals surface area contributed by atoms with Crippen LogP contribution >= 0.6 is 11.6 Å². The molecule has 1 saturated heterocycles. The summed E-state index contributed by atoms with van der Waals surface area (Å²) in [5.74, 6) is -0.804. The highest BCUT2D eigenvalue weighted by Crippen LogP contribution is 2.26. The minimum absolute atomic E-state index is 0.206. The van der Waals surface area contributed by atoms with Crippen molar-refractivity contribution in [3.8, 4) is 0 Å². The van der Waals surface area contributed by atoms with Gasteiger partial charge >= 0.3 is 5.97 Å². The van der Waals surface area contributed by atoms with E-state index >= 15 is 0 Å². The van der Waals surface area contributed by atoms with Crippen LogP contribution in [0.15, 0.2) is 0 Å². The standard InChI is InChI=1S/C11H22ClNO3Si/c1-17(2,3)7-6-16-8-13-9(11(14)15)4-5-10(13)12/h9-10H,4-8H2,1-3H3,(H,14,15). The second-order valence-corrected chi connectivity index (χ2v) is 11.9. The molecule has 1 aliphatic heterocycles. The number of carboxylic acids is 1. The Hall–Kier alpha value is -0.103. The number of likely N-dealkylation sites (tertiary alicyclic amines) is 1. The summed E-state index contributed by atoms with van der Waals surface area (Å²) in [5.41, 5.74) is -0.206. The minimum atomic E-state index is -1.08. The lowest BCUT2D eigenvalue weighted by atomic mass is 10.2. The van der Waals surface area contributed by atoms with Gasteiger partial charge in [-0.1, -0.05) is 19.6 Å². The molecule has 0 aromatic heterocycles. The third-order valence-electron chi connectivity index (χ3n) is 2.96. The number of alkyl halides is 1. The van der Waals surface area contributed by atoms with Gasteiger partial charge in [0, 0.05) is 14.7 Å². The third kappa shape index (κ3) is 4.95. The van der Waals surface area contributed by atoms with Crippen molar-refractivity contribution in [1.29, 1.82) is 0 Å². The average Bonchev–Trinajstić information content (AvgIpc) is 2.53. The van der Waals surface area contributed by atoms with Crippen molar-refractivity contribution in [3.63, 3.8) is 0 Å². The maximum Gasteiger partial charge on any atom is 0.321 e. The molecular formula is C11H22ClNO3Si. The van der Waals surface area contributed by atoms with Gasteiger partial charge in [0.1, 0.15) is 12.8 Å². The molecule has 0 radical (unpaired) electrons. The molecule has 1 heterocycles. The Balaban J connectivity index is 2.32. The summed E-state index contributed by atoms with van der Waals surface area (Å²) < 4.78 is 5.56. The molecule has 1 fully saturated rings. The van der Waals surface area contributed by atoms with Crippen LogP contribution in [0.5, 0.6) is 0 Å². The zero-order valence-electron chi connectivity index (χ0n) is 10.8. The molecular weight excluding hydrogens is 258 g/mol. The first-order valence-corrected chi connectivity index (χ1v) is 10.2. The van der Waals surface area contributed by atoms with Gasteiger partial charge in [0.05, 0.1) is 5.50 Å². The Morgan fingerprint density at radius 3 is 2.65 bits per heavy atom. The summed E-state index contributed by atoms with van der Waals surface area (Å²) in [6, 6.07) is 0.607. The van der Waals surface area contributed by atoms with Crippen molar-refractivity contribution in [3.05, 3.63) is 0 Å². The van der Waals surface area contributed by atoms with Crippen molar-refractivity contribution in [2.75, 3.05) is 13.3 Å². The summed E-state index contributed by atoms with van der Waals surface area (Å²) in [5, 5.41) is 9.04. The number of aliphatic carboxylic acids is 1. The Morgan fingerprint density at radius 1 is 1.47 bits per heavy atom. The highest BCUT2D eigenvalue weighted by atomic mass is 35.5. The molecule has 0 aliphatic carbocycles. The normalized spacial score (nSPS) is 26.4. The zero-order chi connectivity index (χ0) is 13.1. The first-order chi connectivity index (χ1) is 7.81. The summed E-state index contributed by atoms with van der Waals surface area (Å²) in [6.07, 6.45) is 1.33. The lowest BCUT2D eigenvalue weighted by Gasteiger charge is -2.24. The van der Waals surface area contributed by atoms with Crippen LogP contribution < -0.4 is 0 Å². The predicted octanol–water partition coefficient (Wildman–Crippen LogP) is 2.41. The number of halogens is 1. The number of carbonyl (C=O) groups is 1. The van der Waals surface area contributed by atoms with Gasteiger partial charge < -0.3 is 9.84 Å². The minimum Gasteiger partial charge on any atom is -0.480 e. The van der Waals surface area contributed by atoms with Crippen LogP contribution in [0.2, 0.25) is 25.7 Å². The number of hydrogen-bond donors (Lipinski definition) is 1. The van der Waals surface area contributed by atoms with Gasteiger partial charge in [0.2, 0.25) is 0 Å². The Morgan fingerprint density at radius 2 is 2.12 bits per heavy atom. The SMILES string of the molecule is C[Si](C)(C)CCOCN1C(Cl)CCC1C(=O)O. The molecule has 2 atom stereocenters. The van der Waals surface area contributed by atoms with E-state index in [0.717, 1.165) is 12.5 Å². The second-order valence-electron chi connectivity index (χ2n) is 5.73. The molecule has 0 aromatic rings. The van der Waals surface area contributed by atoms with E-state index in [9.17, 15) is 4.79 Å². The van der Waals surface area contributed by atoms with Gasteiger partial charge in [-0.2, -0.15) is 0 Å². The molecule has 0 amide bonds. The molecule has 0 spiro atoms. The molecule has 1 N–H and O–H groups in total. The molecule has 100 valence electrons. The van der Waals surface area contributed by atoms with Crippen molar-refractivity contribution < 1.29 is 14.6 Å². The van der Waals surface area contributed by atoms with E-state index in [2.05, 4.69) is 19.6 Å². The van der Waals surface area contributed by atoms with Gasteiger partial charge in [-0.05, 0) is 18.9 Å². The monoisotopic (exact) mass is 279 g/mol. The second kappa shape index (κ2) is 6.18. The molecule has 1 rings (SSSR count). The number of rotatable bonds is 6. The molecule has 0 bridgehead atoms. The maximum absolute atomic E-state index is 11.0. The molecule has 17 heavy (non-hydrogen) atoms. The molecule has 0 saturated carbocycles. The summed E-state index contributed by atoms with van der Waals surface area (Å²) in [4.78, 5) is 12.7. The fourth-order valence-electron chi connectivity index (χ4n) is 1.81. The van der Waals surface area contributed by atoms with Crippen LogP contribution in [0.3, 0.4) is 0 Å². The highest BCUT2D eigenvalue weighted by molar-refractivity contribution is 6.76. The maximum atomic E-state index is 11.0. The largest absolute Gasteiger partial charge is 0.480 e. The molecule has 1 aliphatic rings. The van der Waals surface area contributed by atoms with E-state index in [-0.39, 0.29) is 5.50 Å². The molecule has 6 heteroatoms. The van der Waals surface area contributed by atoms with Gasteiger partial charge in [-0.3, -0.25) is 9.69 Å². The van der Waals surface area contributed by atoms with E-state index in [4.69, 9.17) is 21.4 Å². The van der Waals surface area contributed by atoms with Gasteiger partial charge in [-0.25, -0.2) is 0 Å². The topological polar surface area (TPSA) is 49.8 Å². The smallest absolute Gasteiger partial charge is 0.321 e. The Labute approximate surface area is 109 Å². The van der Waals surface area contributed by atoms with Crippen LogP contribution in [-0.2, 0) is 9.53 Å². The fraction of sp³-hybridized carbons (Fsp3) is 0.909. The molecule has 4 nitrogen and oxygen atoms in total. The van der Waals surface area contributed by atoms with Crippen LogP contribution in [0, 0.1) is 0 Å². The third-order valence-corrected chi connectivity index (χ3v) is 5.13. The highest BCUT2D eigenvalue weighted by Gasteiger charge is 2.36. The summed E-state index contributed by atoms with van der Waals surface area (Å²) in [6.45, 7) is 7.89. The number of hydrogen-bond acceptors (Lipinski definition) is 3. The van der Waals surface area contributed by atoms with Crippen LogP contribution in [0.1, 0.15) is 12.8 Å². The van der Waals surface area contributed by atoms with Gasteiger partial charge in [-0.15, -0.1) is 11.6 Å². The first kappa shape index (κ1) is 15.0. The Bertz CT molecular complexity index is 270. The first-order valence-electron chi connectivity index (χ1n) is 6.01. The van der Waals surface area contributed by atoms with Crippen molar-refractivity contribution in [2.45, 2.75) is 50.1 Å². The van der Waals surface area contributed by atoms with Crippen molar-refractivity contribution >= 4 is 25.6 Å². The van der Waals surface area contributed by atoms with Crippen molar-refractivity contribution in [1.82, 2.24) is 4.90 Å². The lowest BCUT2D eigenvalue weighted by Crippen LogP contribution is -2.40. The quantitative estimate of drug-likeness (QED) is 0.351. The van der Waals surface area contributed by atoms with E-state index in [0.29, 0.717) is 19.8 Å². The van der Waals surface area contributed by atoms with Crippen LogP contribution in [0.4, 0.5) is 0 Å². The van der Waals surface area contributed by atoms with E-state index in [1.54, 1.807) is 4.90 Å². The zero-order valence-corrected chi connectivity index (χ0v) is 12.5. The lowest BCUT2D eigenvalue weighted by molar-refractivity contribution is -0.144. The van der Waals surface area contributed by atoms with Gasteiger partial charge in [0.25, 0.3) is 0 Å². The number of nitrogens with zero attached hydrogens (tertiary/aromatic N) is 1. The number of ether oxygens (including phenoxy) is 1. The average molecular weight is 280 g/mol. The number of carboxylic acid groups (broad SMARTS) is 1. The fourth-order valence-corrected chi connectivity index (χ4v) is 2.88. The van der Waals surface area contributed by atoms with Crippen LogP contribution in [-0.4, -0.2) is 48.9 Å². The summed E-state index contributed by atoms with van der Waals surface area (Å²) in [7, 11) is -1.08. The molecule has 2 unspecified atom stereocenters. The molecule has 0 aromatic carbocycles. The predicted molar refractivity (Wildman–Crippen MR) is 71.1 cm³/mol.